The molecule has 3 rings (SSSR count). The van der Waals surface area contributed by atoms with Crippen LogP contribution >= 0.6 is 0 Å². The highest BCUT2D eigenvalue weighted by Gasteiger charge is 2.43. The van der Waals surface area contributed by atoms with Crippen molar-refractivity contribution in [1.82, 2.24) is 10.2 Å². The van der Waals surface area contributed by atoms with Crippen LogP contribution in [0.2, 0.25) is 0 Å². The number of amides is 1. The minimum atomic E-state index is -0.235. The van der Waals surface area contributed by atoms with Gasteiger partial charge in [-0.3, -0.25) is 9.69 Å². The van der Waals surface area contributed by atoms with Crippen molar-refractivity contribution in [2.45, 2.75) is 32.3 Å². The lowest BCUT2D eigenvalue weighted by Crippen LogP contribution is -2.48. The van der Waals surface area contributed by atoms with Crippen molar-refractivity contribution in [3.05, 3.63) is 35.6 Å². The van der Waals surface area contributed by atoms with Crippen molar-refractivity contribution >= 4 is 5.91 Å². The van der Waals surface area contributed by atoms with Crippen LogP contribution in [0.15, 0.2) is 24.3 Å². The number of hydrogen-bond acceptors (Lipinski definition) is 3. The predicted molar refractivity (Wildman–Crippen MR) is 91.3 cm³/mol. The summed E-state index contributed by atoms with van der Waals surface area (Å²) in [5.74, 6) is 0.747. The molecule has 0 aromatic heterocycles. The van der Waals surface area contributed by atoms with E-state index >= 15 is 0 Å². The monoisotopic (exact) mass is 334 g/mol. The lowest BCUT2D eigenvalue weighted by atomic mass is 10.1. The number of carbonyl (C=O) groups excluding carboxylic acids is 1. The summed E-state index contributed by atoms with van der Waals surface area (Å²) in [6, 6.07) is 6.48. The van der Waals surface area contributed by atoms with Gasteiger partial charge in [0.2, 0.25) is 5.91 Å². The third-order valence-corrected chi connectivity index (χ3v) is 4.78. The second kappa shape index (κ2) is 7.62. The van der Waals surface area contributed by atoms with Gasteiger partial charge in [0.1, 0.15) is 5.82 Å². The average molecular weight is 334 g/mol. The highest BCUT2D eigenvalue weighted by Crippen LogP contribution is 2.47. The summed E-state index contributed by atoms with van der Waals surface area (Å²) in [6.45, 7) is 8.66. The predicted octanol–water partition coefficient (Wildman–Crippen LogP) is 2.40. The van der Waals surface area contributed by atoms with Crippen LogP contribution in [0, 0.1) is 17.7 Å². The molecule has 1 aliphatic carbocycles. The van der Waals surface area contributed by atoms with Crippen molar-refractivity contribution in [2.75, 3.05) is 32.8 Å². The molecule has 0 spiro atoms. The fraction of sp³-hybridized carbons (Fsp3) is 0.632. The minimum Gasteiger partial charge on any atom is -0.374 e. The van der Waals surface area contributed by atoms with E-state index in [4.69, 9.17) is 4.74 Å². The fourth-order valence-corrected chi connectivity index (χ4v) is 3.49. The Bertz CT molecular complexity index is 561. The highest BCUT2D eigenvalue weighted by atomic mass is 19.1. The smallest absolute Gasteiger partial charge is 0.223 e. The normalized spacial score (nSPS) is 27.2. The molecule has 2 aliphatic rings. The molecule has 24 heavy (non-hydrogen) atoms. The van der Waals surface area contributed by atoms with E-state index in [-0.39, 0.29) is 29.7 Å². The zero-order valence-corrected chi connectivity index (χ0v) is 14.5. The van der Waals surface area contributed by atoms with Crippen LogP contribution in [-0.2, 0) is 9.53 Å². The first kappa shape index (κ1) is 17.4. The quantitative estimate of drug-likeness (QED) is 0.869. The first-order valence-electron chi connectivity index (χ1n) is 8.90. The molecule has 1 aromatic carbocycles. The number of nitrogens with zero attached hydrogens (tertiary/aromatic N) is 1. The summed E-state index contributed by atoms with van der Waals surface area (Å²) in [7, 11) is 0. The Morgan fingerprint density at radius 2 is 2.12 bits per heavy atom. The first-order chi connectivity index (χ1) is 11.5. The molecule has 132 valence electrons. The number of nitrogens with one attached hydrogen (secondary N) is 1. The molecule has 3 atom stereocenters. The standard InChI is InChI=1S/C19H27FN2O2/c1-13(2)11-22-7-8-24-16(12-22)10-21-19(23)18-9-17(18)14-3-5-15(20)6-4-14/h3-6,13,16-18H,7-12H2,1-2H3,(H,21,23). The van der Waals surface area contributed by atoms with E-state index < -0.39 is 0 Å². The molecule has 3 unspecified atom stereocenters. The second-order valence-electron chi connectivity index (χ2n) is 7.39. The first-order valence-corrected chi connectivity index (χ1v) is 8.90. The van der Waals surface area contributed by atoms with Crippen LogP contribution in [-0.4, -0.2) is 49.7 Å². The van der Waals surface area contributed by atoms with E-state index in [2.05, 4.69) is 24.1 Å². The maximum absolute atomic E-state index is 13.0. The molecule has 1 amide bonds. The Kier molecular flexibility index (Phi) is 5.51. The molecular weight excluding hydrogens is 307 g/mol. The van der Waals surface area contributed by atoms with E-state index in [0.29, 0.717) is 12.5 Å². The molecule has 1 N–H and O–H groups in total. The van der Waals surface area contributed by atoms with Gasteiger partial charge in [0.05, 0.1) is 12.7 Å². The lowest BCUT2D eigenvalue weighted by Gasteiger charge is -2.34. The summed E-state index contributed by atoms with van der Waals surface area (Å²) in [6.07, 6.45) is 0.923. The second-order valence-corrected chi connectivity index (χ2v) is 7.39. The molecule has 1 aromatic rings. The summed E-state index contributed by atoms with van der Waals surface area (Å²) < 4.78 is 18.7. The zero-order valence-electron chi connectivity index (χ0n) is 14.5. The molecule has 5 heteroatoms. The third kappa shape index (κ3) is 4.54. The molecule has 1 saturated heterocycles. The maximum atomic E-state index is 13.0. The minimum absolute atomic E-state index is 0.0193. The Balaban J connectivity index is 1.42. The zero-order chi connectivity index (χ0) is 17.1. The summed E-state index contributed by atoms with van der Waals surface area (Å²) >= 11 is 0. The van der Waals surface area contributed by atoms with Crippen LogP contribution in [0.5, 0.6) is 0 Å². The number of carbonyl (C=O) groups is 1. The number of morpholine rings is 1. The van der Waals surface area contributed by atoms with Crippen molar-refractivity contribution < 1.29 is 13.9 Å². The largest absolute Gasteiger partial charge is 0.374 e. The van der Waals surface area contributed by atoms with E-state index in [1.54, 1.807) is 12.1 Å². The van der Waals surface area contributed by atoms with E-state index in [9.17, 15) is 9.18 Å². The summed E-state index contributed by atoms with van der Waals surface area (Å²) in [5.41, 5.74) is 1.05. The van der Waals surface area contributed by atoms with E-state index in [1.165, 1.54) is 12.1 Å². The van der Waals surface area contributed by atoms with Crippen LogP contribution in [0.25, 0.3) is 0 Å². The number of benzene rings is 1. The van der Waals surface area contributed by atoms with Crippen molar-refractivity contribution in [3.8, 4) is 0 Å². The van der Waals surface area contributed by atoms with E-state index in [0.717, 1.165) is 38.2 Å². The lowest BCUT2D eigenvalue weighted by molar-refractivity contribution is -0.123. The van der Waals surface area contributed by atoms with Gasteiger partial charge in [-0.2, -0.15) is 0 Å². The summed E-state index contributed by atoms with van der Waals surface area (Å²) in [4.78, 5) is 14.7. The molecule has 4 nitrogen and oxygen atoms in total. The highest BCUT2D eigenvalue weighted by molar-refractivity contribution is 5.82. The molecule has 2 fully saturated rings. The Morgan fingerprint density at radius 3 is 2.83 bits per heavy atom. The van der Waals surface area contributed by atoms with Gasteiger partial charge in [0.25, 0.3) is 0 Å². The molecule has 0 bridgehead atoms. The van der Waals surface area contributed by atoms with Gasteiger partial charge in [-0.1, -0.05) is 26.0 Å². The van der Waals surface area contributed by atoms with Gasteiger partial charge in [0, 0.05) is 32.1 Å². The number of halogens is 1. The van der Waals surface area contributed by atoms with Crippen molar-refractivity contribution in [3.63, 3.8) is 0 Å². The Morgan fingerprint density at radius 1 is 1.38 bits per heavy atom. The van der Waals surface area contributed by atoms with Crippen molar-refractivity contribution in [2.24, 2.45) is 11.8 Å². The van der Waals surface area contributed by atoms with Gasteiger partial charge in [0.15, 0.2) is 0 Å². The number of ether oxygens (including phenoxy) is 1. The molecule has 1 aliphatic heterocycles. The fourth-order valence-electron chi connectivity index (χ4n) is 3.49. The molecule has 1 saturated carbocycles. The SMILES string of the molecule is CC(C)CN1CCOC(CNC(=O)C2CC2c2ccc(F)cc2)C1. The third-order valence-electron chi connectivity index (χ3n) is 4.78. The van der Waals surface area contributed by atoms with Crippen LogP contribution in [0.3, 0.4) is 0 Å². The van der Waals surface area contributed by atoms with E-state index in [1.807, 2.05) is 0 Å². The van der Waals surface area contributed by atoms with Gasteiger partial charge in [-0.05, 0) is 36.0 Å². The number of rotatable bonds is 6. The van der Waals surface area contributed by atoms with Crippen LogP contribution in [0.4, 0.5) is 4.39 Å². The Hall–Kier alpha value is -1.46. The average Bonchev–Trinajstić information content (AvgIpc) is 3.34. The topological polar surface area (TPSA) is 41.6 Å². The summed E-state index contributed by atoms with van der Waals surface area (Å²) in [5, 5.41) is 3.03. The van der Waals surface area contributed by atoms with Gasteiger partial charge >= 0.3 is 0 Å². The molecule has 1 heterocycles. The Labute approximate surface area is 143 Å². The van der Waals surface area contributed by atoms with Crippen molar-refractivity contribution in [1.29, 1.82) is 0 Å². The molecule has 0 radical (unpaired) electrons. The molecular formula is C19H27FN2O2. The van der Waals surface area contributed by atoms with Crippen LogP contribution < -0.4 is 5.32 Å². The maximum Gasteiger partial charge on any atom is 0.223 e. The van der Waals surface area contributed by atoms with Gasteiger partial charge in [-0.15, -0.1) is 0 Å². The van der Waals surface area contributed by atoms with Gasteiger partial charge in [-0.25, -0.2) is 4.39 Å². The van der Waals surface area contributed by atoms with Gasteiger partial charge < -0.3 is 10.1 Å². The van der Waals surface area contributed by atoms with Crippen LogP contribution in [0.1, 0.15) is 31.7 Å². The number of hydrogen-bond donors (Lipinski definition) is 1.